The van der Waals surface area contributed by atoms with Crippen molar-refractivity contribution in [3.05, 3.63) is 35.9 Å². The molecule has 1 fully saturated rings. The topological polar surface area (TPSA) is 23.6 Å². The van der Waals surface area contributed by atoms with Crippen LogP contribution in [0.4, 0.5) is 0 Å². The molecular weight excluding hydrogens is 248 g/mol. The lowest BCUT2D eigenvalue weighted by Gasteiger charge is -2.32. The zero-order chi connectivity index (χ0) is 14.4. The molecule has 0 saturated carbocycles. The van der Waals surface area contributed by atoms with Gasteiger partial charge in [0.05, 0.1) is 6.54 Å². The van der Waals surface area contributed by atoms with E-state index in [1.54, 1.807) is 0 Å². The van der Waals surface area contributed by atoms with Gasteiger partial charge in [0.15, 0.2) is 0 Å². The first kappa shape index (κ1) is 15.2. The molecule has 20 heavy (non-hydrogen) atoms. The highest BCUT2D eigenvalue weighted by molar-refractivity contribution is 5.81. The monoisotopic (exact) mass is 274 g/mol. The molecule has 0 bridgehead atoms. The zero-order valence-electron chi connectivity index (χ0n) is 12.7. The van der Waals surface area contributed by atoms with Crippen molar-refractivity contribution in [1.82, 2.24) is 9.80 Å². The molecular formula is C17H26N2O. The van der Waals surface area contributed by atoms with E-state index in [-0.39, 0.29) is 0 Å². The van der Waals surface area contributed by atoms with Gasteiger partial charge >= 0.3 is 0 Å². The molecule has 0 aliphatic carbocycles. The number of benzene rings is 1. The fourth-order valence-electron chi connectivity index (χ4n) is 2.98. The maximum atomic E-state index is 11.9. The van der Waals surface area contributed by atoms with Crippen LogP contribution in [0.25, 0.3) is 0 Å². The molecule has 110 valence electrons. The highest BCUT2D eigenvalue weighted by Crippen LogP contribution is 2.20. The largest absolute Gasteiger partial charge is 0.309 e. The summed E-state index contributed by atoms with van der Waals surface area (Å²) in [6.07, 6.45) is 3.12. The first-order valence-electron chi connectivity index (χ1n) is 7.56. The average Bonchev–Trinajstić information content (AvgIpc) is 2.38. The summed E-state index contributed by atoms with van der Waals surface area (Å²) in [6.45, 7) is 3.70. The Morgan fingerprint density at radius 1 is 1.25 bits per heavy atom. The number of likely N-dealkylation sites (tertiary alicyclic amines) is 1. The van der Waals surface area contributed by atoms with Gasteiger partial charge in [-0.15, -0.1) is 0 Å². The molecule has 1 aliphatic heterocycles. The molecule has 3 nitrogen and oxygen atoms in total. The van der Waals surface area contributed by atoms with Gasteiger partial charge in [-0.2, -0.15) is 0 Å². The molecule has 1 aromatic carbocycles. The van der Waals surface area contributed by atoms with Crippen molar-refractivity contribution >= 4 is 5.78 Å². The molecule has 1 atom stereocenters. The number of carbonyl (C=O) groups is 1. The third-order valence-electron chi connectivity index (χ3n) is 3.90. The molecule has 1 aromatic rings. The smallest absolute Gasteiger partial charge is 0.147 e. The quantitative estimate of drug-likeness (QED) is 0.796. The summed E-state index contributed by atoms with van der Waals surface area (Å²) in [5.74, 6) is 0.946. The summed E-state index contributed by atoms with van der Waals surface area (Å²) < 4.78 is 0. The lowest BCUT2D eigenvalue weighted by Crippen LogP contribution is -2.40. The van der Waals surface area contributed by atoms with Crippen LogP contribution in [-0.2, 0) is 11.3 Å². The minimum Gasteiger partial charge on any atom is -0.309 e. The normalized spacial score (nSPS) is 20.6. The van der Waals surface area contributed by atoms with Crippen LogP contribution in [0.15, 0.2) is 30.3 Å². The van der Waals surface area contributed by atoms with E-state index in [1.807, 2.05) is 6.07 Å². The van der Waals surface area contributed by atoms with Crippen LogP contribution in [0.2, 0.25) is 0 Å². The van der Waals surface area contributed by atoms with Gasteiger partial charge in [0.1, 0.15) is 5.78 Å². The zero-order valence-corrected chi connectivity index (χ0v) is 12.7. The van der Waals surface area contributed by atoms with Crippen LogP contribution in [-0.4, -0.2) is 49.3 Å². The van der Waals surface area contributed by atoms with Crippen LogP contribution in [0.3, 0.4) is 0 Å². The Kier molecular flexibility index (Phi) is 5.74. The molecule has 0 radical (unpaired) electrons. The summed E-state index contributed by atoms with van der Waals surface area (Å²) in [5, 5.41) is 0. The molecule has 1 heterocycles. The number of Topliss-reactive ketones (excluding diaryl/α,β-unsaturated/α-hetero) is 1. The molecule has 1 aliphatic rings. The summed E-state index contributed by atoms with van der Waals surface area (Å²) in [4.78, 5) is 16.4. The highest BCUT2D eigenvalue weighted by Gasteiger charge is 2.24. The van der Waals surface area contributed by atoms with Crippen molar-refractivity contribution in [3.63, 3.8) is 0 Å². The van der Waals surface area contributed by atoms with Crippen molar-refractivity contribution in [2.45, 2.75) is 25.8 Å². The SMILES string of the molecule is CN(C)CCCC1CC(=O)CN(Cc2ccccc2)C1. The van der Waals surface area contributed by atoms with E-state index < -0.39 is 0 Å². The first-order chi connectivity index (χ1) is 9.63. The summed E-state index contributed by atoms with van der Waals surface area (Å²) >= 11 is 0. The Morgan fingerprint density at radius 2 is 2.00 bits per heavy atom. The third kappa shape index (κ3) is 5.06. The summed E-state index contributed by atoms with van der Waals surface area (Å²) in [7, 11) is 4.21. The second kappa shape index (κ2) is 7.55. The number of ketones is 1. The van der Waals surface area contributed by atoms with E-state index in [0.717, 1.165) is 32.5 Å². The second-order valence-corrected chi connectivity index (χ2v) is 6.21. The van der Waals surface area contributed by atoms with Crippen LogP contribution in [0.5, 0.6) is 0 Å². The van der Waals surface area contributed by atoms with Gasteiger partial charge < -0.3 is 4.90 Å². The van der Waals surface area contributed by atoms with E-state index in [2.05, 4.69) is 48.2 Å². The Morgan fingerprint density at radius 3 is 2.70 bits per heavy atom. The standard InChI is InChI=1S/C17H26N2O/c1-18(2)10-6-9-16-11-17(20)14-19(13-16)12-15-7-4-3-5-8-15/h3-5,7-8,16H,6,9-14H2,1-2H3. The van der Waals surface area contributed by atoms with E-state index in [4.69, 9.17) is 0 Å². The van der Waals surface area contributed by atoms with Gasteiger partial charge in [0.25, 0.3) is 0 Å². The van der Waals surface area contributed by atoms with Crippen molar-refractivity contribution < 1.29 is 4.79 Å². The number of carbonyl (C=O) groups excluding carboxylic acids is 1. The molecule has 1 saturated heterocycles. The average molecular weight is 274 g/mol. The number of hydrogen-bond donors (Lipinski definition) is 0. The van der Waals surface area contributed by atoms with E-state index in [1.165, 1.54) is 12.0 Å². The van der Waals surface area contributed by atoms with Crippen LogP contribution >= 0.6 is 0 Å². The van der Waals surface area contributed by atoms with Gasteiger partial charge in [-0.05, 0) is 45.0 Å². The van der Waals surface area contributed by atoms with Crippen molar-refractivity contribution in [2.24, 2.45) is 5.92 Å². The van der Waals surface area contributed by atoms with Gasteiger partial charge in [0.2, 0.25) is 0 Å². The maximum Gasteiger partial charge on any atom is 0.147 e. The van der Waals surface area contributed by atoms with E-state index >= 15 is 0 Å². The molecule has 2 rings (SSSR count). The van der Waals surface area contributed by atoms with E-state index in [9.17, 15) is 4.79 Å². The predicted octanol–water partition coefficient (Wildman–Crippen LogP) is 2.42. The fourth-order valence-corrected chi connectivity index (χ4v) is 2.98. The Balaban J connectivity index is 1.83. The molecule has 1 unspecified atom stereocenters. The fraction of sp³-hybridized carbons (Fsp3) is 0.588. The summed E-state index contributed by atoms with van der Waals surface area (Å²) in [5.41, 5.74) is 1.30. The van der Waals surface area contributed by atoms with Crippen molar-refractivity contribution in [2.75, 3.05) is 33.7 Å². The molecule has 0 amide bonds. The maximum absolute atomic E-state index is 11.9. The van der Waals surface area contributed by atoms with Gasteiger partial charge in [-0.3, -0.25) is 9.69 Å². The minimum atomic E-state index is 0.405. The molecule has 0 spiro atoms. The van der Waals surface area contributed by atoms with E-state index in [0.29, 0.717) is 18.2 Å². The van der Waals surface area contributed by atoms with Gasteiger partial charge in [-0.25, -0.2) is 0 Å². The first-order valence-corrected chi connectivity index (χ1v) is 7.56. The predicted molar refractivity (Wildman–Crippen MR) is 82.6 cm³/mol. The van der Waals surface area contributed by atoms with Crippen molar-refractivity contribution in [1.29, 1.82) is 0 Å². The molecule has 0 N–H and O–H groups in total. The van der Waals surface area contributed by atoms with Crippen LogP contribution in [0, 0.1) is 5.92 Å². The van der Waals surface area contributed by atoms with Crippen molar-refractivity contribution in [3.8, 4) is 0 Å². The molecule has 3 heteroatoms. The van der Waals surface area contributed by atoms with Crippen LogP contribution < -0.4 is 0 Å². The third-order valence-corrected chi connectivity index (χ3v) is 3.90. The second-order valence-electron chi connectivity index (χ2n) is 6.21. The van der Waals surface area contributed by atoms with Crippen LogP contribution in [0.1, 0.15) is 24.8 Å². The number of nitrogens with zero attached hydrogens (tertiary/aromatic N) is 2. The van der Waals surface area contributed by atoms with Gasteiger partial charge in [-0.1, -0.05) is 30.3 Å². The Bertz CT molecular complexity index is 416. The minimum absolute atomic E-state index is 0.405. The van der Waals surface area contributed by atoms with Gasteiger partial charge in [0, 0.05) is 19.5 Å². The Hall–Kier alpha value is -1.19. The number of hydrogen-bond acceptors (Lipinski definition) is 3. The lowest BCUT2D eigenvalue weighted by molar-refractivity contribution is -0.124. The number of rotatable bonds is 6. The Labute approximate surface area is 122 Å². The highest BCUT2D eigenvalue weighted by atomic mass is 16.1. The summed E-state index contributed by atoms with van der Waals surface area (Å²) in [6, 6.07) is 10.4. The lowest BCUT2D eigenvalue weighted by atomic mass is 9.92. The molecule has 0 aromatic heterocycles. The number of piperidine rings is 1.